The predicted molar refractivity (Wildman–Crippen MR) is 141 cm³/mol. The highest BCUT2D eigenvalue weighted by Crippen LogP contribution is 2.42. The lowest BCUT2D eigenvalue weighted by molar-refractivity contribution is -0.138. The van der Waals surface area contributed by atoms with Crippen molar-refractivity contribution in [3.63, 3.8) is 0 Å². The van der Waals surface area contributed by atoms with Crippen LogP contribution >= 0.6 is 11.6 Å². The molecule has 4 N–H and O–H groups in total. The van der Waals surface area contributed by atoms with Crippen LogP contribution in [0.4, 0.5) is 30.2 Å². The number of carbonyl (C=O) groups excluding carboxylic acids is 1. The first-order valence-corrected chi connectivity index (χ1v) is 13.3. The van der Waals surface area contributed by atoms with E-state index < -0.39 is 17.8 Å². The number of anilines is 3. The van der Waals surface area contributed by atoms with Crippen molar-refractivity contribution >= 4 is 34.6 Å². The number of hydrazine groups is 2. The summed E-state index contributed by atoms with van der Waals surface area (Å²) in [6, 6.07) is 8.31. The van der Waals surface area contributed by atoms with Gasteiger partial charge < -0.3 is 25.6 Å². The number of nitrogens with zero attached hydrogens (tertiary/aromatic N) is 3. The molecule has 2 saturated heterocycles. The van der Waals surface area contributed by atoms with Gasteiger partial charge in [-0.3, -0.25) is 9.80 Å². The van der Waals surface area contributed by atoms with Crippen LogP contribution < -0.4 is 26.2 Å². The molecule has 3 aliphatic rings. The largest absolute Gasteiger partial charge is 0.416 e. The van der Waals surface area contributed by atoms with E-state index in [2.05, 4.69) is 21.2 Å². The average Bonchev–Trinajstić information content (AvgIpc) is 3.35. The number of nitrogens with one attached hydrogen (secondary N) is 3. The van der Waals surface area contributed by atoms with Crippen LogP contribution in [0.15, 0.2) is 36.4 Å². The second-order valence-corrected chi connectivity index (χ2v) is 10.5. The number of hydrogen-bond donors (Lipinski definition) is 4. The molecule has 3 aliphatic heterocycles. The average molecular weight is 553 g/mol. The Labute approximate surface area is 224 Å². The number of benzene rings is 2. The SMILES string of the molecule is C[C@H](c1ccc(Cl)cc1C(F)(F)F)N1NNc2ccc(N3CCN(C(=O)[C@H]4CCCCN4)[C@H](CO)C3)cc21. The summed E-state index contributed by atoms with van der Waals surface area (Å²) >= 11 is 5.88. The Hall–Kier alpha value is -2.73. The molecule has 0 aliphatic carbocycles. The quantitative estimate of drug-likeness (QED) is 0.447. The van der Waals surface area contributed by atoms with Crippen molar-refractivity contribution in [2.45, 2.75) is 50.5 Å². The number of aliphatic hydroxyl groups is 1. The lowest BCUT2D eigenvalue weighted by atomic mass is 10.00. The fraction of sp³-hybridized carbons (Fsp3) is 0.500. The normalized spacial score (nSPS) is 22.7. The number of carbonyl (C=O) groups is 1. The van der Waals surface area contributed by atoms with Gasteiger partial charge in [0.25, 0.3) is 0 Å². The number of hydrogen-bond acceptors (Lipinski definition) is 7. The molecule has 0 unspecified atom stereocenters. The van der Waals surface area contributed by atoms with Crippen LogP contribution in [0.3, 0.4) is 0 Å². The molecule has 5 rings (SSSR count). The Kier molecular flexibility index (Phi) is 7.63. The summed E-state index contributed by atoms with van der Waals surface area (Å²) in [5, 5.41) is 15.1. The van der Waals surface area contributed by atoms with E-state index in [-0.39, 0.29) is 35.2 Å². The molecule has 8 nitrogen and oxygen atoms in total. The molecule has 2 fully saturated rings. The number of alkyl halides is 3. The Morgan fingerprint density at radius 3 is 2.71 bits per heavy atom. The van der Waals surface area contributed by atoms with Crippen molar-refractivity contribution in [2.75, 3.05) is 48.1 Å². The molecule has 38 heavy (non-hydrogen) atoms. The summed E-state index contributed by atoms with van der Waals surface area (Å²) in [5.74, 6) is 0.0363. The van der Waals surface area contributed by atoms with Gasteiger partial charge in [0.05, 0.1) is 41.7 Å². The number of halogens is 4. The van der Waals surface area contributed by atoms with Crippen LogP contribution in [0.1, 0.15) is 43.4 Å². The van der Waals surface area contributed by atoms with Crippen molar-refractivity contribution in [1.29, 1.82) is 0 Å². The lowest BCUT2D eigenvalue weighted by Gasteiger charge is -2.43. The van der Waals surface area contributed by atoms with Crippen molar-refractivity contribution in [2.24, 2.45) is 0 Å². The molecular weight excluding hydrogens is 521 g/mol. The van der Waals surface area contributed by atoms with Crippen molar-refractivity contribution in [1.82, 2.24) is 15.8 Å². The van der Waals surface area contributed by atoms with E-state index in [1.807, 2.05) is 18.2 Å². The zero-order chi connectivity index (χ0) is 27.0. The van der Waals surface area contributed by atoms with Crippen LogP contribution in [0, 0.1) is 0 Å². The van der Waals surface area contributed by atoms with Gasteiger partial charge in [-0.25, -0.2) is 0 Å². The summed E-state index contributed by atoms with van der Waals surface area (Å²) in [5.41, 5.74) is 7.63. The topological polar surface area (TPSA) is 83.1 Å². The number of piperazine rings is 1. The number of rotatable bonds is 5. The van der Waals surface area contributed by atoms with Crippen molar-refractivity contribution in [3.05, 3.63) is 52.5 Å². The third-order valence-electron chi connectivity index (χ3n) is 7.66. The van der Waals surface area contributed by atoms with E-state index in [9.17, 15) is 23.1 Å². The summed E-state index contributed by atoms with van der Waals surface area (Å²) < 4.78 is 41.4. The van der Waals surface area contributed by atoms with Gasteiger partial charge in [0.15, 0.2) is 0 Å². The molecule has 0 saturated carbocycles. The summed E-state index contributed by atoms with van der Waals surface area (Å²) in [6.07, 6.45) is -1.66. The van der Waals surface area contributed by atoms with Gasteiger partial charge >= 0.3 is 6.18 Å². The maximum Gasteiger partial charge on any atom is 0.416 e. The van der Waals surface area contributed by atoms with Gasteiger partial charge in [0.2, 0.25) is 5.91 Å². The maximum absolute atomic E-state index is 13.8. The Morgan fingerprint density at radius 1 is 1.18 bits per heavy atom. The first kappa shape index (κ1) is 26.9. The smallest absolute Gasteiger partial charge is 0.394 e. The van der Waals surface area contributed by atoms with Crippen LogP contribution in [-0.4, -0.2) is 60.8 Å². The van der Waals surface area contributed by atoms with E-state index in [1.54, 1.807) is 16.8 Å². The minimum absolute atomic E-state index is 0.0267. The first-order valence-electron chi connectivity index (χ1n) is 12.9. The summed E-state index contributed by atoms with van der Waals surface area (Å²) in [7, 11) is 0. The third kappa shape index (κ3) is 5.25. The fourth-order valence-corrected chi connectivity index (χ4v) is 5.76. The zero-order valence-electron chi connectivity index (χ0n) is 21.1. The molecule has 12 heteroatoms. The van der Waals surface area contributed by atoms with Crippen molar-refractivity contribution in [3.8, 4) is 0 Å². The maximum atomic E-state index is 13.8. The molecule has 0 bridgehead atoms. The molecule has 0 aromatic heterocycles. The lowest BCUT2D eigenvalue weighted by Crippen LogP contribution is -2.60. The number of amides is 1. The number of fused-ring (bicyclic) bond motifs is 1. The summed E-state index contributed by atoms with van der Waals surface area (Å²) in [4.78, 5) is 17.0. The minimum atomic E-state index is -4.55. The van der Waals surface area contributed by atoms with Gasteiger partial charge in [0.1, 0.15) is 0 Å². The second kappa shape index (κ2) is 10.8. The Balaban J connectivity index is 1.35. The predicted octanol–water partition coefficient (Wildman–Crippen LogP) is 3.92. The van der Waals surface area contributed by atoms with E-state index in [0.717, 1.165) is 43.2 Å². The van der Waals surface area contributed by atoms with E-state index in [0.29, 0.717) is 25.3 Å². The van der Waals surface area contributed by atoms with Crippen LogP contribution in [0.2, 0.25) is 5.02 Å². The second-order valence-electron chi connectivity index (χ2n) is 10.0. The molecule has 206 valence electrons. The molecule has 2 aromatic carbocycles. The van der Waals surface area contributed by atoms with Crippen LogP contribution in [0.5, 0.6) is 0 Å². The molecule has 2 aromatic rings. The van der Waals surface area contributed by atoms with E-state index in [1.165, 1.54) is 12.1 Å². The van der Waals surface area contributed by atoms with Gasteiger partial charge in [0, 0.05) is 30.3 Å². The third-order valence-corrected chi connectivity index (χ3v) is 7.90. The molecule has 3 heterocycles. The van der Waals surface area contributed by atoms with Crippen LogP contribution in [-0.2, 0) is 11.0 Å². The van der Waals surface area contributed by atoms with Crippen LogP contribution in [0.25, 0.3) is 0 Å². The molecule has 0 radical (unpaired) electrons. The zero-order valence-corrected chi connectivity index (χ0v) is 21.8. The first-order chi connectivity index (χ1) is 18.2. The molecule has 0 spiro atoms. The van der Waals surface area contributed by atoms with Gasteiger partial charge in [-0.1, -0.05) is 24.1 Å². The van der Waals surface area contributed by atoms with E-state index in [4.69, 9.17) is 11.6 Å². The molecule has 3 atom stereocenters. The van der Waals surface area contributed by atoms with Gasteiger partial charge in [-0.15, -0.1) is 5.53 Å². The Bertz CT molecular complexity index is 1180. The van der Waals surface area contributed by atoms with Gasteiger partial charge in [-0.2, -0.15) is 13.2 Å². The summed E-state index contributed by atoms with van der Waals surface area (Å²) in [6.45, 7) is 3.89. The fourth-order valence-electron chi connectivity index (χ4n) is 5.58. The number of piperidine rings is 1. The van der Waals surface area contributed by atoms with Gasteiger partial charge in [-0.05, 0) is 62.2 Å². The Morgan fingerprint density at radius 2 is 2.00 bits per heavy atom. The van der Waals surface area contributed by atoms with E-state index >= 15 is 0 Å². The molecular formula is C26H32ClF3N6O2. The highest BCUT2D eigenvalue weighted by Gasteiger charge is 2.38. The monoisotopic (exact) mass is 552 g/mol. The molecule has 1 amide bonds. The number of aliphatic hydroxyl groups excluding tert-OH is 1. The highest BCUT2D eigenvalue weighted by molar-refractivity contribution is 6.30. The minimum Gasteiger partial charge on any atom is -0.394 e. The standard InChI is InChI=1S/C26H32ClF3N6O2/c1-16(20-7-5-17(27)12-21(20)26(28,29)30)36-24-13-18(6-8-22(24)32-33-36)34-10-11-35(19(14-34)15-37)25(38)23-4-2-3-9-31-23/h5-8,12-13,16,19,23,31-33,37H,2-4,9-11,14-15H2,1H3/t16-,19+,23-/m1/s1. The highest BCUT2D eigenvalue weighted by atomic mass is 35.5. The van der Waals surface area contributed by atoms with Crippen molar-refractivity contribution < 1.29 is 23.1 Å².